The Bertz CT molecular complexity index is 3160. The lowest BCUT2D eigenvalue weighted by Gasteiger charge is -2.32. The van der Waals surface area contributed by atoms with Crippen LogP contribution < -0.4 is 0 Å². The molecule has 0 radical (unpaired) electrons. The first kappa shape index (κ1) is 31.2. The van der Waals surface area contributed by atoms with E-state index in [2.05, 4.69) is 179 Å². The van der Waals surface area contributed by atoms with Gasteiger partial charge in [-0.1, -0.05) is 127 Å². The van der Waals surface area contributed by atoms with Crippen LogP contribution in [0.3, 0.4) is 0 Å². The molecule has 0 bridgehead atoms. The van der Waals surface area contributed by atoms with Gasteiger partial charge in [-0.2, -0.15) is 0 Å². The molecule has 3 aromatic heterocycles. The fourth-order valence-electron chi connectivity index (χ4n) is 8.47. The third-order valence-electron chi connectivity index (χ3n) is 11.0. The monoisotopic (exact) mass is 706 g/mol. The summed E-state index contributed by atoms with van der Waals surface area (Å²) in [5, 5.41) is 7.33. The molecule has 7 aromatic carbocycles. The quantitative estimate of drug-likeness (QED) is 0.179. The van der Waals surface area contributed by atoms with Crippen LogP contribution in [0.1, 0.15) is 22.9 Å². The molecule has 6 heteroatoms. The molecule has 4 heterocycles. The number of aromatic nitrogens is 3. The minimum absolute atomic E-state index is 0.238. The zero-order valence-corrected chi connectivity index (χ0v) is 30.1. The number of hydrogen-bond donors (Lipinski definition) is 0. The molecule has 10 aromatic rings. The number of rotatable bonds is 5. The third-order valence-corrected chi connectivity index (χ3v) is 11.0. The van der Waals surface area contributed by atoms with E-state index < -0.39 is 0 Å². The number of nitrogens with zero attached hydrogens (tertiary/aromatic N) is 6. The molecule has 0 spiro atoms. The Hall–Kier alpha value is -7.31. The summed E-state index contributed by atoms with van der Waals surface area (Å²) in [6, 6.07) is 62.2. The van der Waals surface area contributed by atoms with E-state index >= 15 is 0 Å². The van der Waals surface area contributed by atoms with Gasteiger partial charge in [0.05, 0.1) is 22.1 Å². The zero-order chi connectivity index (χ0) is 36.5. The predicted octanol–water partition coefficient (Wildman–Crippen LogP) is 11.3. The van der Waals surface area contributed by atoms with Gasteiger partial charge in [0.1, 0.15) is 17.8 Å². The number of para-hydroxylation sites is 2. The van der Waals surface area contributed by atoms with Gasteiger partial charge in [-0.05, 0) is 64.9 Å². The van der Waals surface area contributed by atoms with Crippen LogP contribution in [0.25, 0.3) is 65.9 Å². The van der Waals surface area contributed by atoms with Gasteiger partial charge in [-0.25, -0.2) is 15.0 Å². The van der Waals surface area contributed by atoms with Gasteiger partial charge in [0.2, 0.25) is 0 Å². The molecule has 0 fully saturated rings. The molecule has 1 unspecified atom stereocenters. The third kappa shape index (κ3) is 4.92. The first-order valence-corrected chi connectivity index (χ1v) is 18.6. The second-order valence-electron chi connectivity index (χ2n) is 14.1. The first-order valence-electron chi connectivity index (χ1n) is 18.6. The molecule has 0 aliphatic carbocycles. The summed E-state index contributed by atoms with van der Waals surface area (Å²) in [5.74, 6) is 2.36. The van der Waals surface area contributed by atoms with Gasteiger partial charge in [-0.15, -0.1) is 0 Å². The highest BCUT2D eigenvalue weighted by molar-refractivity contribution is 6.25. The highest BCUT2D eigenvalue weighted by Gasteiger charge is 2.27. The minimum atomic E-state index is -0.238. The number of amidine groups is 2. The molecule has 0 saturated heterocycles. The molecule has 0 saturated carbocycles. The fraction of sp³-hybridized carbons (Fsp3) is 0.0408. The van der Waals surface area contributed by atoms with Gasteiger partial charge in [-0.3, -0.25) is 4.57 Å². The van der Waals surface area contributed by atoms with Crippen LogP contribution in [-0.4, -0.2) is 37.7 Å². The van der Waals surface area contributed by atoms with E-state index in [1.165, 1.54) is 37.8 Å². The molecule has 260 valence electrons. The Morgan fingerprint density at radius 2 is 1.18 bits per heavy atom. The summed E-state index contributed by atoms with van der Waals surface area (Å²) in [6.07, 6.45) is 1.64. The Balaban J connectivity index is 1.16. The van der Waals surface area contributed by atoms with Crippen molar-refractivity contribution in [2.24, 2.45) is 9.98 Å². The van der Waals surface area contributed by atoms with Crippen molar-refractivity contribution in [1.29, 1.82) is 0 Å². The summed E-state index contributed by atoms with van der Waals surface area (Å²) in [4.78, 5) is 17.7. The second-order valence-corrected chi connectivity index (χ2v) is 14.1. The molecule has 6 nitrogen and oxygen atoms in total. The molecule has 55 heavy (non-hydrogen) atoms. The summed E-state index contributed by atoms with van der Waals surface area (Å²) in [7, 11) is 2.07. The van der Waals surface area contributed by atoms with E-state index in [1.54, 1.807) is 0 Å². The highest BCUT2D eigenvalue weighted by Crippen LogP contribution is 2.42. The maximum Gasteiger partial charge on any atom is 0.159 e. The lowest BCUT2D eigenvalue weighted by Crippen LogP contribution is -2.35. The van der Waals surface area contributed by atoms with Gasteiger partial charge < -0.3 is 9.47 Å². The number of fused-ring (bicyclic) bond motifs is 8. The minimum Gasteiger partial charge on any atom is -0.333 e. The standard InChI is InChI=1S/C49H34N6/c1-53-48(33-16-5-2-6-17-33)51-47(52-49(53)34-18-7-3-8-19-34)35-27-28-50-45(29-35)55-41-24-14-13-23-38(41)39-30-40-44(31-43(39)55)54(36-20-9-4-10-21-36)42-26-25-32-15-11-12-22-37(32)46(40)42/h2-31,48H,1H3. The van der Waals surface area contributed by atoms with Crippen molar-refractivity contribution in [1.82, 2.24) is 19.0 Å². The summed E-state index contributed by atoms with van der Waals surface area (Å²) in [6.45, 7) is 0. The summed E-state index contributed by atoms with van der Waals surface area (Å²) in [5.41, 5.74) is 8.69. The van der Waals surface area contributed by atoms with E-state index in [0.717, 1.165) is 50.6 Å². The Kier molecular flexibility index (Phi) is 7.04. The topological polar surface area (TPSA) is 50.7 Å². The van der Waals surface area contributed by atoms with Gasteiger partial charge in [0.25, 0.3) is 0 Å². The van der Waals surface area contributed by atoms with Gasteiger partial charge in [0, 0.05) is 51.6 Å². The van der Waals surface area contributed by atoms with E-state index in [9.17, 15) is 0 Å². The van der Waals surface area contributed by atoms with E-state index in [0.29, 0.717) is 5.84 Å². The van der Waals surface area contributed by atoms with Crippen LogP contribution in [-0.2, 0) is 0 Å². The maximum absolute atomic E-state index is 5.28. The van der Waals surface area contributed by atoms with Crippen molar-refractivity contribution in [3.05, 3.63) is 199 Å². The lowest BCUT2D eigenvalue weighted by molar-refractivity contribution is 0.383. The van der Waals surface area contributed by atoms with Gasteiger partial charge in [0.15, 0.2) is 5.84 Å². The molecule has 1 aliphatic rings. The average molecular weight is 707 g/mol. The Labute approximate surface area is 317 Å². The largest absolute Gasteiger partial charge is 0.333 e. The SMILES string of the molecule is CN1C(c2ccccc2)=NC(c2ccnc(-n3c4ccccc4c4cc5c6c7ccccc7ccc6n(-c6ccccc6)c5cc43)c2)=NC1c1ccccc1. The first-order chi connectivity index (χ1) is 27.2. The van der Waals surface area contributed by atoms with Crippen LogP contribution in [0.2, 0.25) is 0 Å². The Morgan fingerprint density at radius 1 is 0.491 bits per heavy atom. The van der Waals surface area contributed by atoms with Crippen molar-refractivity contribution in [2.75, 3.05) is 7.05 Å². The van der Waals surface area contributed by atoms with Crippen LogP contribution in [0.15, 0.2) is 192 Å². The molecule has 1 atom stereocenters. The maximum atomic E-state index is 5.28. The summed E-state index contributed by atoms with van der Waals surface area (Å²) < 4.78 is 4.70. The van der Waals surface area contributed by atoms with Crippen LogP contribution in [0.5, 0.6) is 0 Å². The number of aliphatic imine (C=N–C) groups is 2. The number of hydrogen-bond acceptors (Lipinski definition) is 4. The van der Waals surface area contributed by atoms with E-state index in [1.807, 2.05) is 24.4 Å². The summed E-state index contributed by atoms with van der Waals surface area (Å²) >= 11 is 0. The number of benzene rings is 7. The van der Waals surface area contributed by atoms with E-state index in [4.69, 9.17) is 15.0 Å². The zero-order valence-electron chi connectivity index (χ0n) is 30.1. The van der Waals surface area contributed by atoms with Crippen LogP contribution in [0.4, 0.5) is 0 Å². The van der Waals surface area contributed by atoms with Gasteiger partial charge >= 0.3 is 0 Å². The van der Waals surface area contributed by atoms with E-state index in [-0.39, 0.29) is 6.17 Å². The lowest BCUT2D eigenvalue weighted by atomic mass is 10.0. The molecule has 11 rings (SSSR count). The average Bonchev–Trinajstić information content (AvgIpc) is 3.76. The normalized spacial score (nSPS) is 14.6. The van der Waals surface area contributed by atoms with Crippen molar-refractivity contribution in [2.45, 2.75) is 6.17 Å². The molecule has 0 N–H and O–H groups in total. The molecule has 0 amide bonds. The van der Waals surface area contributed by atoms with Crippen molar-refractivity contribution < 1.29 is 0 Å². The molecular weight excluding hydrogens is 673 g/mol. The molecular formula is C49H34N6. The second kappa shape index (κ2) is 12.4. The number of pyridine rings is 1. The predicted molar refractivity (Wildman–Crippen MR) is 227 cm³/mol. The fourth-order valence-corrected chi connectivity index (χ4v) is 8.47. The smallest absolute Gasteiger partial charge is 0.159 e. The highest BCUT2D eigenvalue weighted by atomic mass is 15.3. The molecule has 1 aliphatic heterocycles. The van der Waals surface area contributed by atoms with Crippen molar-refractivity contribution >= 4 is 66.1 Å². The van der Waals surface area contributed by atoms with Crippen molar-refractivity contribution in [3.8, 4) is 11.5 Å². The Morgan fingerprint density at radius 3 is 2.00 bits per heavy atom. The van der Waals surface area contributed by atoms with Crippen LogP contribution >= 0.6 is 0 Å². The van der Waals surface area contributed by atoms with Crippen LogP contribution in [0, 0.1) is 0 Å². The van der Waals surface area contributed by atoms with Crippen molar-refractivity contribution in [3.63, 3.8) is 0 Å².